The maximum absolute atomic E-state index is 12.3. The largest absolute Gasteiger partial charge is 0.376 e. The van der Waals surface area contributed by atoms with E-state index in [0.717, 1.165) is 23.4 Å². The normalized spacial score (nSPS) is 10.2. The van der Waals surface area contributed by atoms with Crippen molar-refractivity contribution in [2.24, 2.45) is 5.73 Å². The second kappa shape index (κ2) is 8.67. The van der Waals surface area contributed by atoms with Gasteiger partial charge >= 0.3 is 0 Å². The Morgan fingerprint density at radius 3 is 2.19 bits per heavy atom. The first-order chi connectivity index (χ1) is 13.1. The number of amides is 2. The molecule has 136 valence electrons. The molecule has 3 rings (SSSR count). The zero-order valence-corrected chi connectivity index (χ0v) is 14.8. The van der Waals surface area contributed by atoms with E-state index in [2.05, 4.69) is 22.8 Å². The predicted octanol–water partition coefficient (Wildman–Crippen LogP) is 3.43. The van der Waals surface area contributed by atoms with Crippen LogP contribution in [0.4, 0.5) is 11.4 Å². The number of hydrogen-bond acceptors (Lipinski definition) is 3. The van der Waals surface area contributed by atoms with Crippen molar-refractivity contribution in [3.63, 3.8) is 0 Å². The van der Waals surface area contributed by atoms with Crippen LogP contribution >= 0.6 is 0 Å². The number of para-hydroxylation sites is 1. The maximum Gasteiger partial charge on any atom is 0.248 e. The Hall–Kier alpha value is -3.60. The molecule has 27 heavy (non-hydrogen) atoms. The van der Waals surface area contributed by atoms with Gasteiger partial charge in [-0.3, -0.25) is 9.59 Å². The van der Waals surface area contributed by atoms with Gasteiger partial charge in [0.2, 0.25) is 11.8 Å². The molecule has 0 radical (unpaired) electrons. The Labute approximate surface area is 158 Å². The average Bonchev–Trinajstić information content (AvgIpc) is 2.69. The fraction of sp³-hybridized carbons (Fsp3) is 0.0909. The first-order valence-electron chi connectivity index (χ1n) is 8.67. The summed E-state index contributed by atoms with van der Waals surface area (Å²) in [4.78, 5) is 23.4. The van der Waals surface area contributed by atoms with E-state index in [1.54, 1.807) is 24.3 Å². The van der Waals surface area contributed by atoms with E-state index >= 15 is 0 Å². The molecule has 0 heterocycles. The van der Waals surface area contributed by atoms with Crippen molar-refractivity contribution >= 4 is 23.2 Å². The number of nitrogens with one attached hydrogen (secondary N) is 2. The summed E-state index contributed by atoms with van der Waals surface area (Å²) in [6.45, 7) is 0.121. The minimum atomic E-state index is -0.477. The van der Waals surface area contributed by atoms with Crippen LogP contribution in [0.3, 0.4) is 0 Å². The van der Waals surface area contributed by atoms with Gasteiger partial charge in [-0.25, -0.2) is 0 Å². The van der Waals surface area contributed by atoms with Crippen LogP contribution in [0.2, 0.25) is 0 Å². The third kappa shape index (κ3) is 5.19. The highest BCUT2D eigenvalue weighted by atomic mass is 16.2. The molecule has 2 amide bonds. The summed E-state index contributed by atoms with van der Waals surface area (Å²) in [5.74, 6) is -0.621. The van der Waals surface area contributed by atoms with Crippen LogP contribution in [0.25, 0.3) is 0 Å². The highest BCUT2D eigenvalue weighted by Gasteiger charge is 2.08. The van der Waals surface area contributed by atoms with Gasteiger partial charge in [-0.05, 0) is 47.9 Å². The molecule has 0 atom stereocenters. The Kier molecular flexibility index (Phi) is 5.84. The molecule has 5 heteroatoms. The molecule has 0 saturated carbocycles. The summed E-state index contributed by atoms with van der Waals surface area (Å²) in [7, 11) is 0. The quantitative estimate of drug-likeness (QED) is 0.604. The van der Waals surface area contributed by atoms with E-state index in [4.69, 9.17) is 5.73 Å². The highest BCUT2D eigenvalue weighted by molar-refractivity contribution is 5.95. The van der Waals surface area contributed by atoms with E-state index in [9.17, 15) is 9.59 Å². The molecule has 0 aliphatic carbocycles. The standard InChI is InChI=1S/C22H21N3O2/c23-22(27)17-10-12-19(13-11-17)24-15-21(26)25-20-9-5-4-8-18(20)14-16-6-2-1-3-7-16/h1-13,24H,14-15H2,(H2,23,27)(H,25,26). The summed E-state index contributed by atoms with van der Waals surface area (Å²) in [5.41, 5.74) is 9.44. The monoisotopic (exact) mass is 359 g/mol. The topological polar surface area (TPSA) is 84.2 Å². The van der Waals surface area contributed by atoms with Gasteiger partial charge < -0.3 is 16.4 Å². The van der Waals surface area contributed by atoms with Crippen LogP contribution in [0.1, 0.15) is 21.5 Å². The van der Waals surface area contributed by atoms with E-state index < -0.39 is 5.91 Å². The molecule has 0 unspecified atom stereocenters. The highest BCUT2D eigenvalue weighted by Crippen LogP contribution is 2.19. The summed E-state index contributed by atoms with van der Waals surface area (Å²) in [6.07, 6.45) is 0.749. The third-order valence-corrected chi connectivity index (χ3v) is 4.15. The van der Waals surface area contributed by atoms with E-state index in [0.29, 0.717) is 5.56 Å². The number of carbonyl (C=O) groups excluding carboxylic acids is 2. The van der Waals surface area contributed by atoms with Crippen LogP contribution in [0.5, 0.6) is 0 Å². The summed E-state index contributed by atoms with van der Waals surface area (Å²) in [6, 6.07) is 24.6. The number of nitrogens with two attached hydrogens (primary N) is 1. The fourth-order valence-electron chi connectivity index (χ4n) is 2.74. The molecule has 3 aromatic rings. The van der Waals surface area contributed by atoms with Gasteiger partial charge in [-0.1, -0.05) is 48.5 Å². The smallest absolute Gasteiger partial charge is 0.248 e. The van der Waals surface area contributed by atoms with Crippen LogP contribution < -0.4 is 16.4 Å². The van der Waals surface area contributed by atoms with Gasteiger partial charge in [0.15, 0.2) is 0 Å². The Morgan fingerprint density at radius 1 is 0.815 bits per heavy atom. The van der Waals surface area contributed by atoms with Gasteiger partial charge in [0, 0.05) is 16.9 Å². The Morgan fingerprint density at radius 2 is 1.48 bits per heavy atom. The lowest BCUT2D eigenvalue weighted by molar-refractivity contribution is -0.114. The van der Waals surface area contributed by atoms with Crippen LogP contribution in [-0.4, -0.2) is 18.4 Å². The molecule has 3 aromatic carbocycles. The lowest BCUT2D eigenvalue weighted by atomic mass is 10.0. The molecule has 0 aliphatic heterocycles. The molecular formula is C22H21N3O2. The third-order valence-electron chi connectivity index (χ3n) is 4.15. The molecule has 0 spiro atoms. The second-order valence-corrected chi connectivity index (χ2v) is 6.16. The molecule has 0 aromatic heterocycles. The zero-order valence-electron chi connectivity index (χ0n) is 14.8. The van der Waals surface area contributed by atoms with Gasteiger partial charge in [-0.15, -0.1) is 0 Å². The second-order valence-electron chi connectivity index (χ2n) is 6.16. The SMILES string of the molecule is NC(=O)c1ccc(NCC(=O)Nc2ccccc2Cc2ccccc2)cc1. The lowest BCUT2D eigenvalue weighted by Gasteiger charge is -2.12. The van der Waals surface area contributed by atoms with Gasteiger partial charge in [0.25, 0.3) is 0 Å². The van der Waals surface area contributed by atoms with Crippen LogP contribution in [-0.2, 0) is 11.2 Å². The number of benzene rings is 3. The van der Waals surface area contributed by atoms with Crippen molar-refractivity contribution in [3.8, 4) is 0 Å². The first kappa shape index (κ1) is 18.2. The summed E-state index contributed by atoms with van der Waals surface area (Å²) >= 11 is 0. The summed E-state index contributed by atoms with van der Waals surface area (Å²) in [5, 5.41) is 5.99. The average molecular weight is 359 g/mol. The first-order valence-corrected chi connectivity index (χ1v) is 8.67. The van der Waals surface area contributed by atoms with Crippen molar-refractivity contribution < 1.29 is 9.59 Å². The van der Waals surface area contributed by atoms with Gasteiger partial charge in [0.05, 0.1) is 6.54 Å². The molecule has 0 saturated heterocycles. The number of hydrogen-bond donors (Lipinski definition) is 3. The van der Waals surface area contributed by atoms with E-state index in [1.165, 1.54) is 5.56 Å². The minimum Gasteiger partial charge on any atom is -0.376 e. The molecule has 4 N–H and O–H groups in total. The number of rotatable bonds is 7. The van der Waals surface area contributed by atoms with Crippen molar-refractivity contribution in [2.45, 2.75) is 6.42 Å². The number of anilines is 2. The molecular weight excluding hydrogens is 338 g/mol. The molecule has 0 bridgehead atoms. The van der Waals surface area contributed by atoms with Crippen LogP contribution in [0, 0.1) is 0 Å². The molecule has 5 nitrogen and oxygen atoms in total. The van der Waals surface area contributed by atoms with Crippen molar-refractivity contribution in [1.29, 1.82) is 0 Å². The van der Waals surface area contributed by atoms with Gasteiger partial charge in [-0.2, -0.15) is 0 Å². The van der Waals surface area contributed by atoms with Crippen molar-refractivity contribution in [2.75, 3.05) is 17.2 Å². The Balaban J connectivity index is 1.60. The van der Waals surface area contributed by atoms with Gasteiger partial charge in [0.1, 0.15) is 0 Å². The molecule has 0 fully saturated rings. The van der Waals surface area contributed by atoms with E-state index in [1.807, 2.05) is 42.5 Å². The summed E-state index contributed by atoms with van der Waals surface area (Å²) < 4.78 is 0. The zero-order chi connectivity index (χ0) is 19.1. The number of primary amides is 1. The Bertz CT molecular complexity index is 922. The minimum absolute atomic E-state index is 0.121. The van der Waals surface area contributed by atoms with Crippen molar-refractivity contribution in [1.82, 2.24) is 0 Å². The number of carbonyl (C=O) groups is 2. The fourth-order valence-corrected chi connectivity index (χ4v) is 2.74. The predicted molar refractivity (Wildman–Crippen MR) is 108 cm³/mol. The van der Waals surface area contributed by atoms with Crippen LogP contribution in [0.15, 0.2) is 78.9 Å². The van der Waals surface area contributed by atoms with Crippen molar-refractivity contribution in [3.05, 3.63) is 95.6 Å². The van der Waals surface area contributed by atoms with E-state index in [-0.39, 0.29) is 12.5 Å². The lowest BCUT2D eigenvalue weighted by Crippen LogP contribution is -2.22. The molecule has 0 aliphatic rings. The maximum atomic E-state index is 12.3.